The van der Waals surface area contributed by atoms with Crippen molar-refractivity contribution in [2.24, 2.45) is 0 Å². The SMILES string of the molecule is CCC1=C(CC)c2cc3[nH]c(c(CC)c3CC)c3nc4c(cc5ccc6cccc7ccc4c5c67)c4c3nc(cc3[nH]c(cc1n2)c(CC)c3CC)C4(CC)CC. The molecule has 0 radical (unpaired) electrons. The molecule has 0 saturated heterocycles. The Balaban J connectivity index is 1.49. The summed E-state index contributed by atoms with van der Waals surface area (Å²) >= 11 is 0. The first-order chi connectivity index (χ1) is 27.9. The number of H-pyrrole nitrogens is 2. The second-order valence-electron chi connectivity index (χ2n) is 16.3. The van der Waals surface area contributed by atoms with Gasteiger partial charge < -0.3 is 9.97 Å². The van der Waals surface area contributed by atoms with E-state index in [-0.39, 0.29) is 5.41 Å². The standard InChI is InChI=1S/C52H53N5/c1-9-31-32(10-2)41-26-42-35(13-5)36(14-6)49(55-42)51-50-47(38-24-30-21-20-28-18-17-19-29-22-23-37(48(38)57-51)46(30)45(28)29)52(15-7,16-8)44(56-50)27-43-34(12-4)33(11-3)40(54-43)25-39(31)53-41/h17-27,54-55H,9-16H2,1-8H3. The number of nitrogens with zero attached hydrogens (tertiary/aromatic N) is 3. The van der Waals surface area contributed by atoms with Gasteiger partial charge in [0.15, 0.2) is 0 Å². The Morgan fingerprint density at radius 1 is 0.474 bits per heavy atom. The first-order valence-corrected chi connectivity index (χ1v) is 21.7. The second-order valence-corrected chi connectivity index (χ2v) is 16.3. The van der Waals surface area contributed by atoms with Gasteiger partial charge in [-0.1, -0.05) is 97.9 Å². The van der Waals surface area contributed by atoms with Crippen LogP contribution >= 0.6 is 0 Å². The van der Waals surface area contributed by atoms with E-state index < -0.39 is 0 Å². The van der Waals surface area contributed by atoms with Crippen molar-refractivity contribution in [1.29, 1.82) is 0 Å². The Kier molecular flexibility index (Phi) is 8.34. The highest BCUT2D eigenvalue weighted by Gasteiger charge is 2.41. The topological polar surface area (TPSA) is 70.2 Å². The number of aromatic amines is 2. The first kappa shape index (κ1) is 35.8. The Hall–Kier alpha value is -5.55. The van der Waals surface area contributed by atoms with Crippen molar-refractivity contribution in [3.63, 3.8) is 0 Å². The van der Waals surface area contributed by atoms with E-state index in [2.05, 4.69) is 132 Å². The maximum Gasteiger partial charge on any atom is 0.113 e. The van der Waals surface area contributed by atoms with E-state index in [4.69, 9.17) is 15.0 Å². The number of pyridine rings is 1. The van der Waals surface area contributed by atoms with Crippen LogP contribution in [0.1, 0.15) is 126 Å². The van der Waals surface area contributed by atoms with E-state index in [1.54, 1.807) is 0 Å². The van der Waals surface area contributed by atoms with Crippen LogP contribution in [-0.2, 0) is 31.1 Å². The maximum atomic E-state index is 5.83. The van der Waals surface area contributed by atoms with Crippen LogP contribution in [-0.4, -0.2) is 24.9 Å². The Morgan fingerprint density at radius 2 is 1.05 bits per heavy atom. The minimum atomic E-state index is -0.305. The smallest absolute Gasteiger partial charge is 0.113 e. The zero-order valence-electron chi connectivity index (χ0n) is 34.8. The molecular formula is C52H53N5. The number of benzene rings is 4. The summed E-state index contributed by atoms with van der Waals surface area (Å²) in [5, 5.41) is 8.87. The lowest BCUT2D eigenvalue weighted by Crippen LogP contribution is -2.24. The molecular weight excluding hydrogens is 695 g/mol. The average molecular weight is 748 g/mol. The number of hydrogen-bond acceptors (Lipinski definition) is 3. The molecule has 10 rings (SSSR count). The summed E-state index contributed by atoms with van der Waals surface area (Å²) in [5.74, 6) is 0. The number of fused-ring (bicyclic) bond motifs is 11. The lowest BCUT2D eigenvalue weighted by Gasteiger charge is -2.29. The number of hydrogen-bond donors (Lipinski definition) is 2. The van der Waals surface area contributed by atoms with Crippen molar-refractivity contribution in [2.45, 2.75) is 112 Å². The molecule has 0 unspecified atom stereocenters. The zero-order valence-corrected chi connectivity index (χ0v) is 34.8. The van der Waals surface area contributed by atoms with Crippen LogP contribution in [0.4, 0.5) is 0 Å². The van der Waals surface area contributed by atoms with E-state index >= 15 is 0 Å². The van der Waals surface area contributed by atoms with Crippen molar-refractivity contribution >= 4 is 87.5 Å². The van der Waals surface area contributed by atoms with Crippen LogP contribution < -0.4 is 0 Å². The molecule has 2 aliphatic heterocycles. The summed E-state index contributed by atoms with van der Waals surface area (Å²) in [4.78, 5) is 25.1. The summed E-state index contributed by atoms with van der Waals surface area (Å²) in [7, 11) is 0. The number of aryl methyl sites for hydroxylation is 4. The number of allylic oxidation sites excluding steroid dienone is 2. The molecule has 6 heterocycles. The summed E-state index contributed by atoms with van der Waals surface area (Å²) < 4.78 is 0. The number of nitrogens with one attached hydrogen (secondary N) is 2. The molecule has 0 spiro atoms. The van der Waals surface area contributed by atoms with E-state index in [0.29, 0.717) is 0 Å². The molecule has 57 heavy (non-hydrogen) atoms. The van der Waals surface area contributed by atoms with Crippen LogP contribution in [0.5, 0.6) is 0 Å². The molecule has 2 N–H and O–H groups in total. The van der Waals surface area contributed by atoms with Gasteiger partial charge in [0.1, 0.15) is 5.52 Å². The Labute approximate surface area is 335 Å². The summed E-state index contributed by atoms with van der Waals surface area (Å²) in [5.41, 5.74) is 20.0. The van der Waals surface area contributed by atoms with Crippen molar-refractivity contribution in [2.75, 3.05) is 0 Å². The van der Waals surface area contributed by atoms with Gasteiger partial charge in [-0.15, -0.1) is 0 Å². The molecule has 0 aliphatic carbocycles. The quantitative estimate of drug-likeness (QED) is 0.120. The summed E-state index contributed by atoms with van der Waals surface area (Å²) in [6.07, 6.45) is 7.44. The van der Waals surface area contributed by atoms with Gasteiger partial charge in [0.25, 0.3) is 0 Å². The fraction of sp³-hybridized carbons (Fsp3) is 0.327. The fourth-order valence-electron chi connectivity index (χ4n) is 11.2. The third kappa shape index (κ3) is 4.84. The van der Waals surface area contributed by atoms with Gasteiger partial charge in [-0.2, -0.15) is 0 Å². The van der Waals surface area contributed by atoms with Crippen molar-refractivity contribution in [3.8, 4) is 0 Å². The van der Waals surface area contributed by atoms with Gasteiger partial charge >= 0.3 is 0 Å². The Bertz CT molecular complexity index is 3150. The molecule has 0 amide bonds. The van der Waals surface area contributed by atoms with Gasteiger partial charge in [-0.25, -0.2) is 15.0 Å². The highest BCUT2D eigenvalue weighted by molar-refractivity contribution is 6.29. The van der Waals surface area contributed by atoms with Crippen LogP contribution in [0.2, 0.25) is 0 Å². The lowest BCUT2D eigenvalue weighted by molar-refractivity contribution is 0.486. The summed E-state index contributed by atoms with van der Waals surface area (Å²) in [6, 6.07) is 25.4. The molecule has 8 bridgehead atoms. The van der Waals surface area contributed by atoms with Gasteiger partial charge in [0.2, 0.25) is 0 Å². The molecule has 0 atom stereocenters. The molecule has 5 heteroatoms. The molecule has 0 saturated carbocycles. The predicted octanol–water partition coefficient (Wildman–Crippen LogP) is 14.0. The van der Waals surface area contributed by atoms with Gasteiger partial charge in [-0.05, 0) is 136 Å². The zero-order chi connectivity index (χ0) is 39.3. The second kappa shape index (κ2) is 13.3. The van der Waals surface area contributed by atoms with E-state index in [9.17, 15) is 0 Å². The monoisotopic (exact) mass is 747 g/mol. The van der Waals surface area contributed by atoms with Gasteiger partial charge in [-0.3, -0.25) is 0 Å². The fourth-order valence-corrected chi connectivity index (χ4v) is 11.2. The number of aromatic nitrogens is 5. The molecule has 4 aromatic carbocycles. The third-order valence-electron chi connectivity index (χ3n) is 13.9. The van der Waals surface area contributed by atoms with E-state index in [1.807, 2.05) is 0 Å². The third-order valence-corrected chi connectivity index (χ3v) is 13.9. The molecule has 8 aromatic rings. The molecule has 0 fully saturated rings. The molecule has 2 aliphatic rings. The average Bonchev–Trinajstić information content (AvgIpc) is 3.97. The van der Waals surface area contributed by atoms with Crippen LogP contribution in [0, 0.1) is 0 Å². The maximum absolute atomic E-state index is 5.83. The molecule has 4 aromatic heterocycles. The lowest BCUT2D eigenvalue weighted by atomic mass is 9.72. The van der Waals surface area contributed by atoms with Crippen molar-refractivity contribution in [3.05, 3.63) is 112 Å². The largest absolute Gasteiger partial charge is 0.355 e. The molecule has 286 valence electrons. The highest BCUT2D eigenvalue weighted by atomic mass is 14.9. The van der Waals surface area contributed by atoms with Crippen LogP contribution in [0.25, 0.3) is 87.5 Å². The first-order valence-electron chi connectivity index (χ1n) is 21.7. The molecule has 5 nitrogen and oxygen atoms in total. The minimum Gasteiger partial charge on any atom is -0.355 e. The normalized spacial score (nSPS) is 14.2. The van der Waals surface area contributed by atoms with Crippen molar-refractivity contribution < 1.29 is 0 Å². The number of rotatable bonds is 8. The highest BCUT2D eigenvalue weighted by Crippen LogP contribution is 2.50. The van der Waals surface area contributed by atoms with Crippen LogP contribution in [0.3, 0.4) is 0 Å². The predicted molar refractivity (Wildman–Crippen MR) is 244 cm³/mol. The minimum absolute atomic E-state index is 0.305. The van der Waals surface area contributed by atoms with Gasteiger partial charge in [0, 0.05) is 38.3 Å². The summed E-state index contributed by atoms with van der Waals surface area (Å²) in [6.45, 7) is 18.4. The van der Waals surface area contributed by atoms with E-state index in [1.165, 1.54) is 87.7 Å². The van der Waals surface area contributed by atoms with E-state index in [0.717, 1.165) is 96.0 Å². The van der Waals surface area contributed by atoms with Crippen molar-refractivity contribution in [1.82, 2.24) is 24.9 Å². The van der Waals surface area contributed by atoms with Gasteiger partial charge in [0.05, 0.1) is 33.6 Å². The Morgan fingerprint density at radius 3 is 1.67 bits per heavy atom. The van der Waals surface area contributed by atoms with Crippen LogP contribution in [0.15, 0.2) is 66.7 Å².